The largest absolute Gasteiger partial charge is 0.143 e. The van der Waals surface area contributed by atoms with Crippen LogP contribution in [-0.2, 0) is 0 Å². The van der Waals surface area contributed by atoms with Crippen molar-refractivity contribution in [2.45, 2.75) is 31.6 Å². The zero-order valence-electron chi connectivity index (χ0n) is 8.87. The Hall–Kier alpha value is -0.530. The van der Waals surface area contributed by atoms with E-state index in [-0.39, 0.29) is 5.38 Å². The van der Waals surface area contributed by atoms with Gasteiger partial charge in [0.1, 0.15) is 0 Å². The van der Waals surface area contributed by atoms with Crippen LogP contribution in [0.5, 0.6) is 0 Å². The zero-order valence-corrected chi connectivity index (χ0v) is 10.4. The number of unbranched alkanes of at least 4 members (excludes halogenated alkanes) is 1. The number of thiophene rings is 1. The van der Waals surface area contributed by atoms with E-state index in [0.29, 0.717) is 0 Å². The molecule has 1 aromatic heterocycles. The average Bonchev–Trinajstić information content (AvgIpc) is 2.69. The topological polar surface area (TPSA) is 0 Å². The molecule has 1 atom stereocenters. The molecule has 0 spiro atoms. The zero-order chi connectivity index (χ0) is 10.7. The van der Waals surface area contributed by atoms with Gasteiger partial charge in [-0.15, -0.1) is 22.9 Å². The van der Waals surface area contributed by atoms with Gasteiger partial charge in [0.2, 0.25) is 0 Å². The summed E-state index contributed by atoms with van der Waals surface area (Å²) < 4.78 is 1.34. The number of hydrogen-bond acceptors (Lipinski definition) is 1. The van der Waals surface area contributed by atoms with Gasteiger partial charge in [0.25, 0.3) is 0 Å². The van der Waals surface area contributed by atoms with Gasteiger partial charge >= 0.3 is 0 Å². The summed E-state index contributed by atoms with van der Waals surface area (Å²) >= 11 is 8.20. The number of benzene rings is 1. The van der Waals surface area contributed by atoms with Gasteiger partial charge in [-0.3, -0.25) is 0 Å². The van der Waals surface area contributed by atoms with E-state index >= 15 is 0 Å². The molecule has 15 heavy (non-hydrogen) atoms. The van der Waals surface area contributed by atoms with Gasteiger partial charge in [-0.25, -0.2) is 0 Å². The minimum atomic E-state index is 0.182. The van der Waals surface area contributed by atoms with Gasteiger partial charge in [0.15, 0.2) is 0 Å². The van der Waals surface area contributed by atoms with E-state index in [1.54, 1.807) is 11.3 Å². The lowest BCUT2D eigenvalue weighted by Gasteiger charge is -2.07. The van der Waals surface area contributed by atoms with Gasteiger partial charge in [0.05, 0.1) is 5.38 Å². The molecule has 0 amide bonds. The standard InChI is InChI=1S/C13H15ClS/c1-2-3-7-12(14)11-9-15-13-8-5-4-6-10(11)13/h4-6,8-9,12H,2-3,7H2,1H3. The molecule has 0 saturated carbocycles. The first-order valence-electron chi connectivity index (χ1n) is 5.43. The van der Waals surface area contributed by atoms with E-state index in [1.165, 1.54) is 28.5 Å². The molecule has 1 aromatic carbocycles. The third-order valence-electron chi connectivity index (χ3n) is 2.66. The quantitative estimate of drug-likeness (QED) is 0.628. The summed E-state index contributed by atoms with van der Waals surface area (Å²) in [6.07, 6.45) is 3.50. The molecule has 0 aliphatic heterocycles. The Kier molecular flexibility index (Phi) is 3.66. The molecule has 0 bridgehead atoms. The number of halogens is 1. The molecule has 1 heterocycles. The molecular weight excluding hydrogens is 224 g/mol. The average molecular weight is 239 g/mol. The first kappa shape index (κ1) is 11.0. The lowest BCUT2D eigenvalue weighted by atomic mass is 10.1. The highest BCUT2D eigenvalue weighted by atomic mass is 35.5. The van der Waals surface area contributed by atoms with Gasteiger partial charge in [0, 0.05) is 4.70 Å². The van der Waals surface area contributed by atoms with Crippen molar-refractivity contribution >= 4 is 33.0 Å². The minimum absolute atomic E-state index is 0.182. The van der Waals surface area contributed by atoms with Crippen molar-refractivity contribution in [1.82, 2.24) is 0 Å². The molecule has 80 valence electrons. The third-order valence-corrected chi connectivity index (χ3v) is 4.09. The number of hydrogen-bond donors (Lipinski definition) is 0. The van der Waals surface area contributed by atoms with Gasteiger partial charge in [-0.2, -0.15) is 0 Å². The maximum Gasteiger partial charge on any atom is 0.0599 e. The van der Waals surface area contributed by atoms with E-state index < -0.39 is 0 Å². The summed E-state index contributed by atoms with van der Waals surface area (Å²) in [6.45, 7) is 2.20. The van der Waals surface area contributed by atoms with Crippen molar-refractivity contribution in [2.24, 2.45) is 0 Å². The van der Waals surface area contributed by atoms with Crippen molar-refractivity contribution in [3.8, 4) is 0 Å². The summed E-state index contributed by atoms with van der Waals surface area (Å²) in [5, 5.41) is 3.72. The fourth-order valence-electron chi connectivity index (χ4n) is 1.78. The Morgan fingerprint density at radius 3 is 2.93 bits per heavy atom. The number of fused-ring (bicyclic) bond motifs is 1. The predicted octanol–water partition coefficient (Wildman–Crippen LogP) is 5.37. The molecule has 2 rings (SSSR count). The summed E-state index contributed by atoms with van der Waals surface area (Å²) in [7, 11) is 0. The lowest BCUT2D eigenvalue weighted by Crippen LogP contribution is -1.88. The van der Waals surface area contributed by atoms with Crippen LogP contribution in [0.2, 0.25) is 0 Å². The highest BCUT2D eigenvalue weighted by Gasteiger charge is 2.12. The molecule has 0 N–H and O–H groups in total. The van der Waals surface area contributed by atoms with Crippen LogP contribution in [0.25, 0.3) is 10.1 Å². The molecule has 0 fully saturated rings. The Morgan fingerprint density at radius 2 is 2.13 bits per heavy atom. The molecule has 1 unspecified atom stereocenters. The SMILES string of the molecule is CCCCC(Cl)c1csc2ccccc12. The van der Waals surface area contributed by atoms with Crippen LogP contribution in [0.3, 0.4) is 0 Å². The molecule has 2 aromatic rings. The predicted molar refractivity (Wildman–Crippen MR) is 69.9 cm³/mol. The van der Waals surface area contributed by atoms with E-state index in [0.717, 1.165) is 6.42 Å². The van der Waals surface area contributed by atoms with Crippen LogP contribution in [0.4, 0.5) is 0 Å². The first-order valence-corrected chi connectivity index (χ1v) is 6.74. The summed E-state index contributed by atoms with van der Waals surface area (Å²) in [6, 6.07) is 8.50. The molecule has 0 radical (unpaired) electrons. The van der Waals surface area contributed by atoms with Gasteiger partial charge in [-0.1, -0.05) is 38.0 Å². The Morgan fingerprint density at radius 1 is 1.33 bits per heavy atom. The second kappa shape index (κ2) is 5.00. The van der Waals surface area contributed by atoms with E-state index in [1.807, 2.05) is 0 Å². The fraction of sp³-hybridized carbons (Fsp3) is 0.385. The maximum absolute atomic E-state index is 6.41. The summed E-state index contributed by atoms with van der Waals surface area (Å²) in [4.78, 5) is 0. The third kappa shape index (κ3) is 2.35. The normalized spacial score (nSPS) is 13.2. The van der Waals surface area contributed by atoms with Crippen molar-refractivity contribution in [1.29, 1.82) is 0 Å². The van der Waals surface area contributed by atoms with Crippen LogP contribution < -0.4 is 0 Å². The fourth-order valence-corrected chi connectivity index (χ4v) is 3.20. The number of rotatable bonds is 4. The van der Waals surface area contributed by atoms with E-state index in [4.69, 9.17) is 11.6 Å². The highest BCUT2D eigenvalue weighted by molar-refractivity contribution is 7.17. The van der Waals surface area contributed by atoms with E-state index in [2.05, 4.69) is 36.6 Å². The molecule has 0 nitrogen and oxygen atoms in total. The Bertz CT molecular complexity index is 433. The second-order valence-corrected chi connectivity index (χ2v) is 5.24. The monoisotopic (exact) mass is 238 g/mol. The Labute approximate surface area is 99.9 Å². The lowest BCUT2D eigenvalue weighted by molar-refractivity contribution is 0.704. The first-order chi connectivity index (χ1) is 7.33. The van der Waals surface area contributed by atoms with Gasteiger partial charge in [-0.05, 0) is 28.8 Å². The van der Waals surface area contributed by atoms with Crippen molar-refractivity contribution in [3.63, 3.8) is 0 Å². The summed E-state index contributed by atoms with van der Waals surface area (Å²) in [5.41, 5.74) is 1.31. The Balaban J connectivity index is 2.27. The second-order valence-electron chi connectivity index (χ2n) is 3.80. The number of alkyl halides is 1. The molecule has 2 heteroatoms. The van der Waals surface area contributed by atoms with Crippen molar-refractivity contribution in [3.05, 3.63) is 35.2 Å². The molecule has 0 aliphatic rings. The van der Waals surface area contributed by atoms with Crippen LogP contribution in [-0.4, -0.2) is 0 Å². The van der Waals surface area contributed by atoms with Gasteiger partial charge < -0.3 is 0 Å². The van der Waals surface area contributed by atoms with Crippen molar-refractivity contribution in [2.75, 3.05) is 0 Å². The van der Waals surface area contributed by atoms with Crippen LogP contribution in [0.1, 0.15) is 37.1 Å². The van der Waals surface area contributed by atoms with Crippen LogP contribution >= 0.6 is 22.9 Å². The molecular formula is C13H15ClS. The summed E-state index contributed by atoms with van der Waals surface area (Å²) in [5.74, 6) is 0. The molecule has 0 saturated heterocycles. The maximum atomic E-state index is 6.41. The van der Waals surface area contributed by atoms with Crippen LogP contribution in [0, 0.1) is 0 Å². The van der Waals surface area contributed by atoms with Crippen LogP contribution in [0.15, 0.2) is 29.6 Å². The smallest absolute Gasteiger partial charge is 0.0599 e. The molecule has 0 aliphatic carbocycles. The minimum Gasteiger partial charge on any atom is -0.143 e. The van der Waals surface area contributed by atoms with Crippen molar-refractivity contribution < 1.29 is 0 Å². The van der Waals surface area contributed by atoms with E-state index in [9.17, 15) is 0 Å². The highest BCUT2D eigenvalue weighted by Crippen LogP contribution is 2.35.